The number of ether oxygens (including phenoxy) is 2. The van der Waals surface area contributed by atoms with Gasteiger partial charge in [0.2, 0.25) is 5.88 Å². The smallest absolute Gasteiger partial charge is 0.488 e. The zero-order valence-electron chi connectivity index (χ0n) is 11.5. The van der Waals surface area contributed by atoms with Crippen molar-refractivity contribution in [1.82, 2.24) is 9.78 Å². The Morgan fingerprint density at radius 3 is 2.52 bits per heavy atom. The Labute approximate surface area is 121 Å². The molecule has 2 N–H and O–H groups in total. The monoisotopic (exact) mass is 290 g/mol. The van der Waals surface area contributed by atoms with E-state index in [1.807, 2.05) is 0 Å². The number of rotatable bonds is 6. The van der Waals surface area contributed by atoms with Crippen molar-refractivity contribution in [3.8, 4) is 11.6 Å². The molecule has 0 aliphatic rings. The summed E-state index contributed by atoms with van der Waals surface area (Å²) in [5.74, 6) is 0.922. The number of methoxy groups -OCH3 is 1. The summed E-state index contributed by atoms with van der Waals surface area (Å²) in [6.07, 6.45) is 0. The van der Waals surface area contributed by atoms with E-state index in [-0.39, 0.29) is 18.7 Å². The maximum atomic E-state index is 11.6. The zero-order valence-corrected chi connectivity index (χ0v) is 11.5. The molecule has 0 spiro atoms. The minimum Gasteiger partial charge on any atom is -0.492 e. The quantitative estimate of drug-likeness (QED) is 0.664. The molecule has 2 rings (SSSR count). The van der Waals surface area contributed by atoms with E-state index >= 15 is 0 Å². The Balaban J connectivity index is 1.93. The molecule has 1 aromatic heterocycles. The maximum absolute atomic E-state index is 11.6. The molecule has 0 fully saturated rings. The summed E-state index contributed by atoms with van der Waals surface area (Å²) in [6, 6.07) is 9.22. The fraction of sp³-hybridized carbons (Fsp3) is 0.231. The molecule has 0 amide bonds. The molecule has 0 saturated heterocycles. The Kier molecular flexibility index (Phi) is 4.97. The largest absolute Gasteiger partial charge is 0.492 e. The van der Waals surface area contributed by atoms with Gasteiger partial charge in [0.25, 0.3) is 5.56 Å². The van der Waals surface area contributed by atoms with Gasteiger partial charge in [-0.25, -0.2) is 4.68 Å². The van der Waals surface area contributed by atoms with Crippen molar-refractivity contribution in [2.24, 2.45) is 0 Å². The van der Waals surface area contributed by atoms with Crippen LogP contribution in [0.15, 0.2) is 41.2 Å². The molecule has 1 heterocycles. The Morgan fingerprint density at radius 2 is 1.90 bits per heavy atom. The highest BCUT2D eigenvalue weighted by Crippen LogP contribution is 2.07. The van der Waals surface area contributed by atoms with Crippen LogP contribution in [0.4, 0.5) is 0 Å². The van der Waals surface area contributed by atoms with Crippen molar-refractivity contribution in [1.29, 1.82) is 0 Å². The molecule has 0 bridgehead atoms. The maximum Gasteiger partial charge on any atom is 0.488 e. The molecule has 21 heavy (non-hydrogen) atoms. The minimum atomic E-state index is -1.50. The SMILES string of the molecule is COc1ccc(=O)n(CCOc2ccc(B(O)O)cc2)n1. The van der Waals surface area contributed by atoms with Crippen LogP contribution in [0, 0.1) is 0 Å². The average Bonchev–Trinajstić information content (AvgIpc) is 2.49. The van der Waals surface area contributed by atoms with Crippen molar-refractivity contribution >= 4 is 12.6 Å². The lowest BCUT2D eigenvalue weighted by atomic mass is 9.80. The van der Waals surface area contributed by atoms with E-state index in [0.29, 0.717) is 17.1 Å². The Hall–Kier alpha value is -2.32. The second-order valence-electron chi connectivity index (χ2n) is 4.23. The summed E-state index contributed by atoms with van der Waals surface area (Å²) in [6.45, 7) is 0.529. The molecule has 0 saturated carbocycles. The van der Waals surface area contributed by atoms with Crippen LogP contribution in [0.25, 0.3) is 0 Å². The molecule has 110 valence electrons. The molecule has 0 aliphatic heterocycles. The van der Waals surface area contributed by atoms with Gasteiger partial charge in [-0.3, -0.25) is 4.79 Å². The first-order valence-corrected chi connectivity index (χ1v) is 6.31. The summed E-state index contributed by atoms with van der Waals surface area (Å²) in [5.41, 5.74) is 0.145. The van der Waals surface area contributed by atoms with E-state index in [9.17, 15) is 4.79 Å². The van der Waals surface area contributed by atoms with Gasteiger partial charge in [-0.15, -0.1) is 5.10 Å². The van der Waals surface area contributed by atoms with Crippen LogP contribution in [0.5, 0.6) is 11.6 Å². The predicted octanol–water partition coefficient (Wildman–Crippen LogP) is -0.989. The van der Waals surface area contributed by atoms with Gasteiger partial charge in [-0.1, -0.05) is 12.1 Å². The highest BCUT2D eigenvalue weighted by Gasteiger charge is 2.09. The van der Waals surface area contributed by atoms with Crippen molar-refractivity contribution < 1.29 is 19.5 Å². The van der Waals surface area contributed by atoms with Gasteiger partial charge in [0, 0.05) is 12.1 Å². The van der Waals surface area contributed by atoms with Crippen molar-refractivity contribution in [3.05, 3.63) is 46.8 Å². The van der Waals surface area contributed by atoms with Gasteiger partial charge in [0.15, 0.2) is 0 Å². The Bertz CT molecular complexity index is 642. The van der Waals surface area contributed by atoms with Gasteiger partial charge < -0.3 is 19.5 Å². The summed E-state index contributed by atoms with van der Waals surface area (Å²) in [5, 5.41) is 21.9. The van der Waals surface area contributed by atoms with Crippen LogP contribution in [0.1, 0.15) is 0 Å². The highest BCUT2D eigenvalue weighted by atomic mass is 16.5. The van der Waals surface area contributed by atoms with Crippen LogP contribution in [0.3, 0.4) is 0 Å². The van der Waals surface area contributed by atoms with E-state index in [2.05, 4.69) is 5.10 Å². The fourth-order valence-corrected chi connectivity index (χ4v) is 1.69. The average molecular weight is 290 g/mol. The van der Waals surface area contributed by atoms with Gasteiger partial charge in [-0.2, -0.15) is 0 Å². The van der Waals surface area contributed by atoms with E-state index in [0.717, 1.165) is 0 Å². The molecule has 1 aromatic carbocycles. The van der Waals surface area contributed by atoms with Gasteiger partial charge in [0.1, 0.15) is 12.4 Å². The summed E-state index contributed by atoms with van der Waals surface area (Å²) >= 11 is 0. The van der Waals surface area contributed by atoms with E-state index in [1.54, 1.807) is 24.3 Å². The van der Waals surface area contributed by atoms with E-state index in [4.69, 9.17) is 19.5 Å². The number of hydrogen-bond donors (Lipinski definition) is 2. The van der Waals surface area contributed by atoms with Crippen LogP contribution < -0.4 is 20.5 Å². The van der Waals surface area contributed by atoms with E-state index < -0.39 is 7.12 Å². The first kappa shape index (κ1) is 15.1. The lowest BCUT2D eigenvalue weighted by Crippen LogP contribution is -2.29. The number of aromatic nitrogens is 2. The third-order valence-corrected chi connectivity index (χ3v) is 2.80. The van der Waals surface area contributed by atoms with Crippen LogP contribution >= 0.6 is 0 Å². The number of nitrogens with zero attached hydrogens (tertiary/aromatic N) is 2. The van der Waals surface area contributed by atoms with Crippen LogP contribution in [0.2, 0.25) is 0 Å². The first-order chi connectivity index (χ1) is 10.1. The molecule has 0 atom stereocenters. The molecule has 0 aliphatic carbocycles. The van der Waals surface area contributed by atoms with Gasteiger partial charge in [0.05, 0.1) is 13.7 Å². The fourth-order valence-electron chi connectivity index (χ4n) is 1.69. The van der Waals surface area contributed by atoms with Crippen molar-refractivity contribution in [3.63, 3.8) is 0 Å². The molecule has 7 nitrogen and oxygen atoms in total. The normalized spacial score (nSPS) is 10.2. The third-order valence-electron chi connectivity index (χ3n) is 2.80. The van der Waals surface area contributed by atoms with Crippen molar-refractivity contribution in [2.45, 2.75) is 6.54 Å². The highest BCUT2D eigenvalue weighted by molar-refractivity contribution is 6.58. The third kappa shape index (κ3) is 4.07. The summed E-state index contributed by atoms with van der Waals surface area (Å²) in [4.78, 5) is 11.6. The molecule has 0 unspecified atom stereocenters. The zero-order chi connectivity index (χ0) is 15.2. The molecule has 2 aromatic rings. The predicted molar refractivity (Wildman–Crippen MR) is 76.8 cm³/mol. The van der Waals surface area contributed by atoms with E-state index in [1.165, 1.54) is 23.9 Å². The number of benzene rings is 1. The van der Waals surface area contributed by atoms with Crippen LogP contribution in [-0.4, -0.2) is 40.7 Å². The minimum absolute atomic E-state index is 0.238. The second kappa shape index (κ2) is 6.91. The van der Waals surface area contributed by atoms with Crippen molar-refractivity contribution in [2.75, 3.05) is 13.7 Å². The first-order valence-electron chi connectivity index (χ1n) is 6.31. The second-order valence-corrected chi connectivity index (χ2v) is 4.23. The molecule has 8 heteroatoms. The standard InChI is InChI=1S/C13H15BN2O5/c1-20-12-6-7-13(17)16(15-12)8-9-21-11-4-2-10(3-5-11)14(18)19/h2-7,18-19H,8-9H2,1H3. The van der Waals surface area contributed by atoms with Crippen LogP contribution in [-0.2, 0) is 6.54 Å². The summed E-state index contributed by atoms with van der Waals surface area (Å²) < 4.78 is 11.7. The molecular weight excluding hydrogens is 275 g/mol. The number of hydrogen-bond acceptors (Lipinski definition) is 6. The van der Waals surface area contributed by atoms with Gasteiger partial charge >= 0.3 is 7.12 Å². The lowest BCUT2D eigenvalue weighted by Gasteiger charge is -2.09. The Morgan fingerprint density at radius 1 is 1.19 bits per heavy atom. The summed E-state index contributed by atoms with van der Waals surface area (Å²) in [7, 11) is -0.0243. The topological polar surface area (TPSA) is 93.8 Å². The molecular formula is C13H15BN2O5. The molecule has 0 radical (unpaired) electrons. The van der Waals surface area contributed by atoms with Gasteiger partial charge in [-0.05, 0) is 17.6 Å². The lowest BCUT2D eigenvalue weighted by molar-refractivity contribution is 0.282.